The van der Waals surface area contributed by atoms with Crippen LogP contribution in [0.2, 0.25) is 10.0 Å². The van der Waals surface area contributed by atoms with Gasteiger partial charge >= 0.3 is 0 Å². The summed E-state index contributed by atoms with van der Waals surface area (Å²) in [6, 6.07) is 17.5. The highest BCUT2D eigenvalue weighted by Gasteiger charge is 2.31. The monoisotopic (exact) mass is 602 g/mol. The van der Waals surface area contributed by atoms with E-state index in [9.17, 15) is 14.9 Å². The number of nitrogens with zero attached hydrogens (tertiary/aromatic N) is 4. The number of hydrogen-bond acceptors (Lipinski definition) is 4. The van der Waals surface area contributed by atoms with Crippen LogP contribution in [0.1, 0.15) is 37.8 Å². The summed E-state index contributed by atoms with van der Waals surface area (Å²) < 4.78 is 16.8. The molecule has 0 unspecified atom stereocenters. The molecule has 0 bridgehead atoms. The number of anilines is 1. The Morgan fingerprint density at radius 2 is 1.83 bits per heavy atom. The highest BCUT2D eigenvalue weighted by Crippen LogP contribution is 2.41. The first-order valence-electron chi connectivity index (χ1n) is 13.6. The van der Waals surface area contributed by atoms with Gasteiger partial charge < -0.3 is 9.80 Å². The predicted octanol–water partition coefficient (Wildman–Crippen LogP) is 7.32. The minimum Gasteiger partial charge on any atom is -0.363 e. The van der Waals surface area contributed by atoms with Crippen molar-refractivity contribution >= 4 is 45.7 Å². The molecular weight excluding hydrogens is 574 g/mol. The molecule has 0 aliphatic carbocycles. The van der Waals surface area contributed by atoms with E-state index in [4.69, 9.17) is 23.2 Å². The van der Waals surface area contributed by atoms with Crippen molar-refractivity contribution < 1.29 is 9.18 Å². The Balaban J connectivity index is 1.88. The van der Waals surface area contributed by atoms with Gasteiger partial charge in [-0.05, 0) is 48.7 Å². The average Bonchev–Trinajstić information content (AvgIpc) is 2.98. The van der Waals surface area contributed by atoms with Crippen molar-refractivity contribution in [1.82, 2.24) is 9.47 Å². The molecule has 6 nitrogen and oxygen atoms in total. The van der Waals surface area contributed by atoms with Gasteiger partial charge in [-0.3, -0.25) is 14.2 Å². The molecule has 2 heterocycles. The van der Waals surface area contributed by atoms with E-state index < -0.39 is 11.4 Å². The molecule has 0 N–H and O–H groups in total. The molecule has 1 saturated heterocycles. The number of hydrogen-bond donors (Lipinski definition) is 0. The van der Waals surface area contributed by atoms with Crippen LogP contribution in [0.5, 0.6) is 0 Å². The number of halogens is 3. The number of nitriles is 1. The number of amides is 1. The summed E-state index contributed by atoms with van der Waals surface area (Å²) in [4.78, 5) is 30.3. The van der Waals surface area contributed by atoms with Gasteiger partial charge in [-0.2, -0.15) is 5.26 Å². The normalized spacial score (nSPS) is 15.2. The zero-order chi connectivity index (χ0) is 30.3. The summed E-state index contributed by atoms with van der Waals surface area (Å²) in [5, 5.41) is 11.2. The van der Waals surface area contributed by atoms with E-state index in [1.54, 1.807) is 29.2 Å². The van der Waals surface area contributed by atoms with Crippen molar-refractivity contribution in [3.05, 3.63) is 105 Å². The van der Waals surface area contributed by atoms with Crippen molar-refractivity contribution in [1.29, 1.82) is 5.26 Å². The minimum atomic E-state index is -0.623. The summed E-state index contributed by atoms with van der Waals surface area (Å²) >= 11 is 13.0. The SMILES string of the molecule is C=CC(=O)N1CCN(c2c(C#N)c(=O)n(-c3ccccc3C(C)C)c3cc(-c4cccc(Cl)c4F)c(Cl)cc23)[C@@H](C)C1. The van der Waals surface area contributed by atoms with Crippen LogP contribution in [-0.4, -0.2) is 41.1 Å². The quantitative estimate of drug-likeness (QED) is 0.224. The van der Waals surface area contributed by atoms with Gasteiger partial charge in [0, 0.05) is 47.2 Å². The van der Waals surface area contributed by atoms with Crippen LogP contribution < -0.4 is 10.5 Å². The number of para-hydroxylation sites is 1. The van der Waals surface area contributed by atoms with Crippen molar-refractivity contribution in [2.75, 3.05) is 24.5 Å². The van der Waals surface area contributed by atoms with Crippen LogP contribution in [0.3, 0.4) is 0 Å². The van der Waals surface area contributed by atoms with Gasteiger partial charge in [-0.15, -0.1) is 0 Å². The fraction of sp³-hybridized carbons (Fsp3) is 0.242. The van der Waals surface area contributed by atoms with Crippen molar-refractivity contribution in [3.63, 3.8) is 0 Å². The first-order chi connectivity index (χ1) is 20.1. The second-order valence-corrected chi connectivity index (χ2v) is 11.5. The lowest BCUT2D eigenvalue weighted by molar-refractivity contribution is -0.126. The molecule has 1 aliphatic rings. The summed E-state index contributed by atoms with van der Waals surface area (Å²) in [6.45, 7) is 10.7. The number of carbonyl (C=O) groups excluding carboxylic acids is 1. The predicted molar refractivity (Wildman–Crippen MR) is 167 cm³/mol. The Morgan fingerprint density at radius 1 is 1.10 bits per heavy atom. The zero-order valence-electron chi connectivity index (χ0n) is 23.5. The third-order valence-electron chi connectivity index (χ3n) is 7.79. The summed E-state index contributed by atoms with van der Waals surface area (Å²) in [5.41, 5.74) is 2.48. The maximum Gasteiger partial charge on any atom is 0.275 e. The molecular formula is C33H29Cl2FN4O2. The van der Waals surface area contributed by atoms with Gasteiger partial charge in [-0.25, -0.2) is 4.39 Å². The lowest BCUT2D eigenvalue weighted by atomic mass is 9.97. The second kappa shape index (κ2) is 11.6. The van der Waals surface area contributed by atoms with Crippen LogP contribution >= 0.6 is 23.2 Å². The van der Waals surface area contributed by atoms with Gasteiger partial charge in [0.05, 0.1) is 21.9 Å². The summed E-state index contributed by atoms with van der Waals surface area (Å²) in [5.74, 6) is -0.729. The molecule has 0 saturated carbocycles. The lowest BCUT2D eigenvalue weighted by Gasteiger charge is -2.41. The molecule has 0 spiro atoms. The standard InChI is InChI=1S/C33H29Cl2FN4O2/c1-5-30(41)38-13-14-39(20(4)18-38)32-24-15-27(35)23(22-10-8-11-26(34)31(22)36)16-29(24)40(33(42)25(32)17-37)28-12-7-6-9-21(28)19(2)3/h5-12,15-16,19-20H,1,13-14,18H2,2-4H3/t20-/m0/s1. The number of carbonyl (C=O) groups is 1. The number of aromatic nitrogens is 1. The number of rotatable bonds is 5. The minimum absolute atomic E-state index is 0.0332. The first kappa shape index (κ1) is 29.4. The van der Waals surface area contributed by atoms with Gasteiger partial charge in [0.15, 0.2) is 0 Å². The Bertz CT molecular complexity index is 1840. The van der Waals surface area contributed by atoms with E-state index in [0.717, 1.165) is 5.56 Å². The topological polar surface area (TPSA) is 69.3 Å². The van der Waals surface area contributed by atoms with E-state index in [2.05, 4.69) is 12.6 Å². The number of piperazine rings is 1. The highest BCUT2D eigenvalue weighted by molar-refractivity contribution is 6.35. The van der Waals surface area contributed by atoms with Crippen LogP contribution in [-0.2, 0) is 4.79 Å². The van der Waals surface area contributed by atoms with Crippen LogP contribution in [0, 0.1) is 17.1 Å². The fourth-order valence-electron chi connectivity index (χ4n) is 5.75. The van der Waals surface area contributed by atoms with Crippen molar-refractivity contribution in [3.8, 4) is 22.9 Å². The van der Waals surface area contributed by atoms with Gasteiger partial charge in [0.2, 0.25) is 5.91 Å². The molecule has 9 heteroatoms. The fourth-order valence-corrected chi connectivity index (χ4v) is 6.19. The molecule has 42 heavy (non-hydrogen) atoms. The van der Waals surface area contributed by atoms with Gasteiger partial charge in [-0.1, -0.05) is 74.0 Å². The number of fused-ring (bicyclic) bond motifs is 1. The van der Waals surface area contributed by atoms with E-state index in [-0.39, 0.29) is 39.0 Å². The van der Waals surface area contributed by atoms with E-state index in [0.29, 0.717) is 47.5 Å². The van der Waals surface area contributed by atoms with Crippen LogP contribution in [0.25, 0.3) is 27.7 Å². The second-order valence-electron chi connectivity index (χ2n) is 10.7. The zero-order valence-corrected chi connectivity index (χ0v) is 25.0. The third kappa shape index (κ3) is 4.95. The molecule has 3 aromatic carbocycles. The molecule has 5 rings (SSSR count). The maximum atomic E-state index is 15.3. The average molecular weight is 604 g/mol. The third-order valence-corrected chi connectivity index (χ3v) is 8.39. The molecule has 4 aromatic rings. The Kier molecular flexibility index (Phi) is 8.14. The van der Waals surface area contributed by atoms with E-state index >= 15 is 4.39 Å². The van der Waals surface area contributed by atoms with Gasteiger partial charge in [0.1, 0.15) is 17.4 Å². The maximum absolute atomic E-state index is 15.3. The lowest BCUT2D eigenvalue weighted by Crippen LogP contribution is -2.54. The van der Waals surface area contributed by atoms with Crippen LogP contribution in [0.15, 0.2) is 72.0 Å². The van der Waals surface area contributed by atoms with Gasteiger partial charge in [0.25, 0.3) is 5.56 Å². The molecule has 0 radical (unpaired) electrons. The Morgan fingerprint density at radius 3 is 2.50 bits per heavy atom. The summed E-state index contributed by atoms with van der Waals surface area (Å²) in [7, 11) is 0. The Hall–Kier alpha value is -4.12. The molecule has 1 aliphatic heterocycles. The van der Waals surface area contributed by atoms with Crippen molar-refractivity contribution in [2.45, 2.75) is 32.7 Å². The Labute approximate surface area is 253 Å². The number of benzene rings is 3. The molecule has 1 amide bonds. The molecule has 1 fully saturated rings. The molecule has 214 valence electrons. The first-order valence-corrected chi connectivity index (χ1v) is 14.4. The van der Waals surface area contributed by atoms with E-state index in [1.165, 1.54) is 16.7 Å². The summed E-state index contributed by atoms with van der Waals surface area (Å²) in [6.07, 6.45) is 1.28. The largest absolute Gasteiger partial charge is 0.363 e. The van der Waals surface area contributed by atoms with Crippen LogP contribution in [0.4, 0.5) is 10.1 Å². The molecule has 1 aromatic heterocycles. The smallest absolute Gasteiger partial charge is 0.275 e. The molecule has 1 atom stereocenters. The van der Waals surface area contributed by atoms with Crippen molar-refractivity contribution in [2.24, 2.45) is 0 Å². The number of pyridine rings is 1. The highest BCUT2D eigenvalue weighted by atomic mass is 35.5. The van der Waals surface area contributed by atoms with E-state index in [1.807, 2.05) is 49.9 Å².